The number of thiophene rings is 1. The summed E-state index contributed by atoms with van der Waals surface area (Å²) in [4.78, 5) is 25.9. The number of hydrogen-bond acceptors (Lipinski definition) is 8. The lowest BCUT2D eigenvalue weighted by Crippen LogP contribution is -2.30. The van der Waals surface area contributed by atoms with Gasteiger partial charge in [-0.1, -0.05) is 17.8 Å². The molecule has 0 unspecified atom stereocenters. The maximum atomic E-state index is 12.6. The van der Waals surface area contributed by atoms with Crippen LogP contribution in [0.15, 0.2) is 40.9 Å². The first kappa shape index (κ1) is 17.6. The van der Waals surface area contributed by atoms with Gasteiger partial charge in [0, 0.05) is 29.2 Å². The molecule has 1 amide bonds. The Morgan fingerprint density at radius 1 is 1.37 bits per heavy atom. The number of nitro benzene ring substituents is 1. The monoisotopic (exact) mass is 402 g/mol. The smallest absolute Gasteiger partial charge is 0.269 e. The van der Waals surface area contributed by atoms with Gasteiger partial charge >= 0.3 is 0 Å². The van der Waals surface area contributed by atoms with Crippen molar-refractivity contribution in [3.63, 3.8) is 0 Å². The Balaban J connectivity index is 1.42. The molecular formula is C16H14N6O3S2. The number of nitrogens with zero attached hydrogens (tertiary/aromatic N) is 6. The third-order valence-corrected chi connectivity index (χ3v) is 5.98. The molecule has 1 aliphatic rings. The Hall–Kier alpha value is -2.79. The molecule has 4 rings (SSSR count). The van der Waals surface area contributed by atoms with Gasteiger partial charge in [0.2, 0.25) is 11.1 Å². The number of fused-ring (bicyclic) bond motifs is 1. The minimum atomic E-state index is -0.423. The summed E-state index contributed by atoms with van der Waals surface area (Å²) in [6.07, 6.45) is 0.615. The van der Waals surface area contributed by atoms with E-state index in [9.17, 15) is 14.9 Å². The lowest BCUT2D eigenvalue weighted by molar-refractivity contribution is -0.384. The summed E-state index contributed by atoms with van der Waals surface area (Å²) in [5, 5.41) is 25.1. The normalized spacial score (nSPS) is 13.0. The van der Waals surface area contributed by atoms with Gasteiger partial charge in [-0.3, -0.25) is 14.9 Å². The second kappa shape index (κ2) is 7.45. The predicted molar refractivity (Wildman–Crippen MR) is 101 cm³/mol. The number of rotatable bonds is 6. The van der Waals surface area contributed by atoms with Crippen LogP contribution in [0.2, 0.25) is 0 Å². The number of amides is 1. The minimum absolute atomic E-state index is 0.0465. The third-order valence-electron chi connectivity index (χ3n) is 4.18. The Labute approximate surface area is 162 Å². The van der Waals surface area contributed by atoms with Gasteiger partial charge in [-0.15, -0.1) is 16.4 Å². The van der Waals surface area contributed by atoms with E-state index in [1.54, 1.807) is 27.0 Å². The second-order valence-corrected chi connectivity index (χ2v) is 7.83. The van der Waals surface area contributed by atoms with Crippen LogP contribution in [0.3, 0.4) is 0 Å². The average molecular weight is 402 g/mol. The summed E-state index contributed by atoms with van der Waals surface area (Å²) in [5.41, 5.74) is 1.61. The number of nitro groups is 1. The van der Waals surface area contributed by atoms with Crippen molar-refractivity contribution in [3.05, 3.63) is 56.3 Å². The van der Waals surface area contributed by atoms with Crippen LogP contribution in [0, 0.1) is 10.1 Å². The van der Waals surface area contributed by atoms with Gasteiger partial charge in [-0.2, -0.15) is 0 Å². The fourth-order valence-corrected chi connectivity index (χ4v) is 4.35. The van der Waals surface area contributed by atoms with Crippen LogP contribution in [0.5, 0.6) is 0 Å². The highest BCUT2D eigenvalue weighted by Crippen LogP contribution is 2.32. The molecule has 0 fully saturated rings. The summed E-state index contributed by atoms with van der Waals surface area (Å²) < 4.78 is 1.67. The fraction of sp³-hybridized carbons (Fsp3) is 0.250. The number of non-ortho nitro benzene ring substituents is 1. The largest absolute Gasteiger partial charge is 0.311 e. The summed E-state index contributed by atoms with van der Waals surface area (Å²) in [6, 6.07) is 8.59. The standard InChI is InChI=1S/C16H14N6O3S2/c23-15(20-6-5-11-8-12(22(24)25)3-4-14(11)20)10-27-16-17-18-19-21(16)9-13-2-1-7-26-13/h1-4,7-8H,5-6,9-10H2. The Morgan fingerprint density at radius 2 is 2.26 bits per heavy atom. The van der Waals surface area contributed by atoms with Crippen LogP contribution in [-0.2, 0) is 17.8 Å². The summed E-state index contributed by atoms with van der Waals surface area (Å²) in [6.45, 7) is 1.09. The van der Waals surface area contributed by atoms with E-state index < -0.39 is 4.92 Å². The summed E-state index contributed by atoms with van der Waals surface area (Å²) >= 11 is 2.91. The van der Waals surface area contributed by atoms with E-state index in [1.165, 1.54) is 23.9 Å². The number of aromatic nitrogens is 4. The third kappa shape index (κ3) is 3.69. The molecule has 3 aromatic rings. The molecule has 0 N–H and O–H groups in total. The van der Waals surface area contributed by atoms with E-state index in [4.69, 9.17) is 0 Å². The molecule has 3 heterocycles. The quantitative estimate of drug-likeness (QED) is 0.354. The molecule has 0 atom stereocenters. The van der Waals surface area contributed by atoms with E-state index in [0.717, 1.165) is 16.1 Å². The van der Waals surface area contributed by atoms with Crippen LogP contribution in [0.25, 0.3) is 0 Å². The Morgan fingerprint density at radius 3 is 3.04 bits per heavy atom. The molecule has 0 saturated heterocycles. The Kier molecular flexibility index (Phi) is 4.86. The van der Waals surface area contributed by atoms with Crippen molar-refractivity contribution >= 4 is 40.4 Å². The fourth-order valence-electron chi connectivity index (χ4n) is 2.91. The maximum Gasteiger partial charge on any atom is 0.269 e. The van der Waals surface area contributed by atoms with Crippen LogP contribution in [0.4, 0.5) is 11.4 Å². The number of hydrogen-bond donors (Lipinski definition) is 0. The number of anilines is 1. The summed E-state index contributed by atoms with van der Waals surface area (Å²) in [7, 11) is 0. The van der Waals surface area contributed by atoms with Gasteiger partial charge in [0.25, 0.3) is 5.69 Å². The first-order valence-electron chi connectivity index (χ1n) is 8.11. The lowest BCUT2D eigenvalue weighted by atomic mass is 10.1. The van der Waals surface area contributed by atoms with Gasteiger partial charge < -0.3 is 4.90 Å². The molecule has 1 aliphatic heterocycles. The molecule has 27 heavy (non-hydrogen) atoms. The van der Waals surface area contributed by atoms with E-state index >= 15 is 0 Å². The lowest BCUT2D eigenvalue weighted by Gasteiger charge is -2.16. The average Bonchev–Trinajstić information content (AvgIpc) is 3.40. The second-order valence-electron chi connectivity index (χ2n) is 5.85. The van der Waals surface area contributed by atoms with Gasteiger partial charge in [-0.25, -0.2) is 4.68 Å². The molecule has 1 aromatic carbocycles. The molecule has 0 bridgehead atoms. The topological polar surface area (TPSA) is 107 Å². The van der Waals surface area contributed by atoms with Gasteiger partial charge in [0.1, 0.15) is 0 Å². The molecule has 0 spiro atoms. The molecule has 0 saturated carbocycles. The zero-order chi connectivity index (χ0) is 18.8. The molecule has 0 radical (unpaired) electrons. The highest BCUT2D eigenvalue weighted by molar-refractivity contribution is 7.99. The van der Waals surface area contributed by atoms with Gasteiger partial charge in [0.15, 0.2) is 0 Å². The van der Waals surface area contributed by atoms with E-state index in [1.807, 2.05) is 17.5 Å². The van der Waals surface area contributed by atoms with Gasteiger partial charge in [-0.05, 0) is 39.9 Å². The number of carbonyl (C=O) groups is 1. The zero-order valence-electron chi connectivity index (χ0n) is 14.0. The van der Waals surface area contributed by atoms with Crippen molar-refractivity contribution in [1.82, 2.24) is 20.2 Å². The number of carbonyl (C=O) groups excluding carboxylic acids is 1. The van der Waals surface area contributed by atoms with Crippen molar-refractivity contribution in [2.75, 3.05) is 17.2 Å². The molecular weight excluding hydrogens is 388 g/mol. The zero-order valence-corrected chi connectivity index (χ0v) is 15.7. The van der Waals surface area contributed by atoms with Crippen LogP contribution >= 0.6 is 23.1 Å². The van der Waals surface area contributed by atoms with E-state index in [2.05, 4.69) is 15.5 Å². The first-order valence-corrected chi connectivity index (χ1v) is 9.97. The number of tetrazole rings is 1. The van der Waals surface area contributed by atoms with Crippen LogP contribution < -0.4 is 4.90 Å². The molecule has 138 valence electrons. The number of benzene rings is 1. The number of thioether (sulfide) groups is 1. The molecule has 0 aliphatic carbocycles. The van der Waals surface area contributed by atoms with Crippen molar-refractivity contribution in [2.24, 2.45) is 0 Å². The van der Waals surface area contributed by atoms with Crippen LogP contribution in [0.1, 0.15) is 10.4 Å². The highest BCUT2D eigenvalue weighted by Gasteiger charge is 2.26. The molecule has 11 heteroatoms. The van der Waals surface area contributed by atoms with E-state index in [-0.39, 0.29) is 17.3 Å². The van der Waals surface area contributed by atoms with Crippen LogP contribution in [-0.4, -0.2) is 43.3 Å². The van der Waals surface area contributed by atoms with Crippen molar-refractivity contribution in [3.8, 4) is 0 Å². The van der Waals surface area contributed by atoms with Gasteiger partial charge in [0.05, 0.1) is 17.2 Å². The molecule has 9 nitrogen and oxygen atoms in total. The minimum Gasteiger partial charge on any atom is -0.311 e. The first-order chi connectivity index (χ1) is 13.1. The van der Waals surface area contributed by atoms with E-state index in [0.29, 0.717) is 24.7 Å². The van der Waals surface area contributed by atoms with Crippen molar-refractivity contribution < 1.29 is 9.72 Å². The van der Waals surface area contributed by atoms with Crippen molar-refractivity contribution in [1.29, 1.82) is 0 Å². The summed E-state index contributed by atoms with van der Waals surface area (Å²) in [5.74, 6) is 0.125. The SMILES string of the molecule is O=C(CSc1nnnn1Cc1cccs1)N1CCc2cc([N+](=O)[O-])ccc21. The predicted octanol–water partition coefficient (Wildman–Crippen LogP) is 2.37. The van der Waals surface area contributed by atoms with Crippen molar-refractivity contribution in [2.45, 2.75) is 18.1 Å². The Bertz CT molecular complexity index is 988. The maximum absolute atomic E-state index is 12.6. The molecule has 2 aromatic heterocycles. The highest BCUT2D eigenvalue weighted by atomic mass is 32.2.